The van der Waals surface area contributed by atoms with Crippen molar-refractivity contribution in [2.75, 3.05) is 19.6 Å². The molecule has 5 aliphatic rings. The van der Waals surface area contributed by atoms with Crippen molar-refractivity contribution in [3.8, 4) is 0 Å². The predicted octanol–water partition coefficient (Wildman–Crippen LogP) is 2.89. The van der Waals surface area contributed by atoms with Crippen molar-refractivity contribution in [2.24, 2.45) is 23.7 Å². The molecule has 1 atom stereocenters. The molecule has 2 nitrogen and oxygen atoms in total. The number of rotatable bonds is 3. The first-order valence-corrected chi connectivity index (χ1v) is 8.81. The van der Waals surface area contributed by atoms with Crippen LogP contribution in [-0.2, 0) is 0 Å². The second-order valence-electron chi connectivity index (χ2n) is 7.81. The largest absolute Gasteiger partial charge is 0.314 e. The number of hydrogen-bond acceptors (Lipinski definition) is 2. The lowest BCUT2D eigenvalue weighted by atomic mass is 9.53. The van der Waals surface area contributed by atoms with Crippen molar-refractivity contribution in [1.82, 2.24) is 10.2 Å². The molecule has 0 aromatic rings. The van der Waals surface area contributed by atoms with Crippen LogP contribution in [0.2, 0.25) is 0 Å². The fourth-order valence-corrected chi connectivity index (χ4v) is 6.21. The molecule has 0 aromatic heterocycles. The molecule has 4 bridgehead atoms. The second kappa shape index (κ2) is 5.04. The summed E-state index contributed by atoms with van der Waals surface area (Å²) >= 11 is 0. The molecule has 5 fully saturated rings. The maximum Gasteiger partial charge on any atom is 0.0224 e. The van der Waals surface area contributed by atoms with Gasteiger partial charge in [-0.05, 0) is 62.2 Å². The number of hydrogen-bond donors (Lipinski definition) is 1. The molecule has 0 radical (unpaired) electrons. The van der Waals surface area contributed by atoms with Crippen molar-refractivity contribution in [3.05, 3.63) is 0 Å². The van der Waals surface area contributed by atoms with Gasteiger partial charge in [-0.25, -0.2) is 0 Å². The van der Waals surface area contributed by atoms with Crippen LogP contribution in [0.25, 0.3) is 0 Å². The molecule has 0 spiro atoms. The summed E-state index contributed by atoms with van der Waals surface area (Å²) in [6.45, 7) is 6.14. The van der Waals surface area contributed by atoms with E-state index >= 15 is 0 Å². The van der Waals surface area contributed by atoms with E-state index in [0.717, 1.165) is 35.8 Å². The van der Waals surface area contributed by atoms with Gasteiger partial charge in [0.2, 0.25) is 0 Å². The lowest BCUT2D eigenvalue weighted by molar-refractivity contribution is -0.0841. The fraction of sp³-hybridized carbons (Fsp3) is 1.00. The van der Waals surface area contributed by atoms with E-state index in [4.69, 9.17) is 0 Å². The molecule has 0 amide bonds. The minimum atomic E-state index is 0.835. The van der Waals surface area contributed by atoms with Crippen molar-refractivity contribution in [1.29, 1.82) is 0 Å². The van der Waals surface area contributed by atoms with Gasteiger partial charge in [-0.15, -0.1) is 0 Å². The van der Waals surface area contributed by atoms with Crippen molar-refractivity contribution in [2.45, 2.75) is 64.0 Å². The third-order valence-corrected chi connectivity index (χ3v) is 6.58. The quantitative estimate of drug-likeness (QED) is 0.841. The summed E-state index contributed by atoms with van der Waals surface area (Å²) in [7, 11) is 0. The van der Waals surface area contributed by atoms with Gasteiger partial charge in [0.05, 0.1) is 0 Å². The first kappa shape index (κ1) is 12.6. The van der Waals surface area contributed by atoms with E-state index in [1.807, 2.05) is 0 Å². The van der Waals surface area contributed by atoms with Crippen LogP contribution in [0, 0.1) is 23.7 Å². The van der Waals surface area contributed by atoms with Gasteiger partial charge in [-0.2, -0.15) is 0 Å². The van der Waals surface area contributed by atoms with Gasteiger partial charge in [-0.1, -0.05) is 13.3 Å². The van der Waals surface area contributed by atoms with Crippen LogP contribution in [0.4, 0.5) is 0 Å². The Labute approximate surface area is 118 Å². The summed E-state index contributed by atoms with van der Waals surface area (Å²) in [6, 6.07) is 1.80. The molecule has 4 aliphatic carbocycles. The molecule has 4 saturated carbocycles. The SMILES string of the molecule is CCCC1CNCCN1C1C2CC3CC(C2)CC1C3. The Morgan fingerprint density at radius 1 is 1.00 bits per heavy atom. The number of piperazine rings is 1. The summed E-state index contributed by atoms with van der Waals surface area (Å²) < 4.78 is 0. The van der Waals surface area contributed by atoms with Gasteiger partial charge in [-0.3, -0.25) is 4.90 Å². The second-order valence-corrected chi connectivity index (χ2v) is 7.81. The molecule has 108 valence electrons. The van der Waals surface area contributed by atoms with Crippen LogP contribution >= 0.6 is 0 Å². The Bertz CT molecular complexity index is 297. The Balaban J connectivity index is 1.53. The van der Waals surface area contributed by atoms with Crippen LogP contribution in [-0.4, -0.2) is 36.6 Å². The molecular weight excluding hydrogens is 232 g/mol. The predicted molar refractivity (Wildman–Crippen MR) is 79.1 cm³/mol. The Morgan fingerprint density at radius 2 is 1.68 bits per heavy atom. The fourth-order valence-electron chi connectivity index (χ4n) is 6.21. The topological polar surface area (TPSA) is 15.3 Å². The summed E-state index contributed by atoms with van der Waals surface area (Å²) in [6.07, 6.45) is 10.6. The standard InChI is InChI=1S/C17H30N2/c1-2-3-16-11-18-4-5-19(16)17-14-7-12-6-13(9-14)10-15(17)8-12/h12-18H,2-11H2,1H3. The molecule has 1 saturated heterocycles. The summed E-state index contributed by atoms with van der Waals surface area (Å²) in [5.41, 5.74) is 0. The Morgan fingerprint density at radius 3 is 2.32 bits per heavy atom. The molecular formula is C17H30N2. The molecule has 5 rings (SSSR count). The lowest BCUT2D eigenvalue weighted by Gasteiger charge is -2.59. The van der Waals surface area contributed by atoms with E-state index in [0.29, 0.717) is 0 Å². The molecule has 1 heterocycles. The van der Waals surface area contributed by atoms with Crippen LogP contribution in [0.15, 0.2) is 0 Å². The van der Waals surface area contributed by atoms with Crippen molar-refractivity contribution < 1.29 is 0 Å². The van der Waals surface area contributed by atoms with E-state index < -0.39 is 0 Å². The Kier molecular flexibility index (Phi) is 3.35. The van der Waals surface area contributed by atoms with Crippen LogP contribution in [0.3, 0.4) is 0 Å². The minimum absolute atomic E-state index is 0.835. The first-order valence-electron chi connectivity index (χ1n) is 8.81. The van der Waals surface area contributed by atoms with Crippen LogP contribution in [0.1, 0.15) is 51.9 Å². The van der Waals surface area contributed by atoms with Gasteiger partial charge in [0.1, 0.15) is 0 Å². The highest BCUT2D eigenvalue weighted by atomic mass is 15.3. The van der Waals surface area contributed by atoms with E-state index in [1.54, 1.807) is 32.1 Å². The van der Waals surface area contributed by atoms with Gasteiger partial charge in [0.15, 0.2) is 0 Å². The van der Waals surface area contributed by atoms with E-state index in [9.17, 15) is 0 Å². The third-order valence-electron chi connectivity index (χ3n) is 6.58. The number of nitrogens with one attached hydrogen (secondary N) is 1. The van der Waals surface area contributed by atoms with Crippen LogP contribution in [0.5, 0.6) is 0 Å². The highest BCUT2D eigenvalue weighted by Crippen LogP contribution is 2.55. The summed E-state index contributed by atoms with van der Waals surface area (Å²) in [4.78, 5) is 2.97. The average Bonchev–Trinajstić information content (AvgIpc) is 2.39. The Hall–Kier alpha value is -0.0800. The van der Waals surface area contributed by atoms with E-state index in [-0.39, 0.29) is 0 Å². The molecule has 1 aliphatic heterocycles. The molecule has 19 heavy (non-hydrogen) atoms. The smallest absolute Gasteiger partial charge is 0.0224 e. The third kappa shape index (κ3) is 2.15. The molecule has 1 N–H and O–H groups in total. The van der Waals surface area contributed by atoms with Gasteiger partial charge < -0.3 is 5.32 Å². The zero-order chi connectivity index (χ0) is 12.8. The highest BCUT2D eigenvalue weighted by Gasteiger charge is 2.51. The van der Waals surface area contributed by atoms with Gasteiger partial charge in [0.25, 0.3) is 0 Å². The van der Waals surface area contributed by atoms with Crippen LogP contribution < -0.4 is 5.32 Å². The highest BCUT2D eigenvalue weighted by molar-refractivity contribution is 5.03. The number of nitrogens with zero attached hydrogens (tertiary/aromatic N) is 1. The maximum atomic E-state index is 3.63. The minimum Gasteiger partial charge on any atom is -0.314 e. The van der Waals surface area contributed by atoms with E-state index in [1.165, 1.54) is 32.5 Å². The normalized spacial score (nSPS) is 49.7. The average molecular weight is 262 g/mol. The van der Waals surface area contributed by atoms with E-state index in [2.05, 4.69) is 17.1 Å². The summed E-state index contributed by atoms with van der Waals surface area (Å²) in [5.74, 6) is 4.36. The van der Waals surface area contributed by atoms with Gasteiger partial charge >= 0.3 is 0 Å². The molecule has 1 unspecified atom stereocenters. The van der Waals surface area contributed by atoms with Crippen molar-refractivity contribution in [3.63, 3.8) is 0 Å². The zero-order valence-corrected chi connectivity index (χ0v) is 12.5. The molecule has 2 heteroatoms. The lowest BCUT2D eigenvalue weighted by Crippen LogP contribution is -2.63. The van der Waals surface area contributed by atoms with Gasteiger partial charge in [0, 0.05) is 31.7 Å². The first-order chi connectivity index (χ1) is 9.35. The summed E-state index contributed by atoms with van der Waals surface area (Å²) in [5, 5.41) is 3.63. The zero-order valence-electron chi connectivity index (χ0n) is 12.5. The molecule has 0 aromatic carbocycles. The van der Waals surface area contributed by atoms with Crippen molar-refractivity contribution >= 4 is 0 Å². The maximum absolute atomic E-state index is 3.63. The monoisotopic (exact) mass is 262 g/mol.